The van der Waals surface area contributed by atoms with Crippen molar-refractivity contribution < 1.29 is 4.74 Å². The second-order valence-electron chi connectivity index (χ2n) is 7.36. The van der Waals surface area contributed by atoms with E-state index in [2.05, 4.69) is 57.4 Å². The summed E-state index contributed by atoms with van der Waals surface area (Å²) in [5.74, 6) is 0. The highest BCUT2D eigenvalue weighted by molar-refractivity contribution is 5.28. The Kier molecular flexibility index (Phi) is 5.83. The van der Waals surface area contributed by atoms with E-state index in [1.165, 1.54) is 30.4 Å². The van der Waals surface area contributed by atoms with E-state index in [4.69, 9.17) is 4.74 Å². The molecule has 0 bridgehead atoms. The van der Waals surface area contributed by atoms with Crippen molar-refractivity contribution >= 4 is 0 Å². The van der Waals surface area contributed by atoms with Crippen molar-refractivity contribution in [2.24, 2.45) is 0 Å². The molecule has 0 aliphatic carbocycles. The van der Waals surface area contributed by atoms with Crippen LogP contribution in [0.25, 0.3) is 0 Å². The first-order valence-corrected chi connectivity index (χ1v) is 8.37. The molecule has 2 nitrogen and oxygen atoms in total. The maximum Gasteiger partial charge on any atom is 0.0590 e. The lowest BCUT2D eigenvalue weighted by Crippen LogP contribution is -2.34. The second-order valence-corrected chi connectivity index (χ2v) is 7.36. The quantitative estimate of drug-likeness (QED) is 0.882. The second kappa shape index (κ2) is 7.42. The largest absolute Gasteiger partial charge is 0.378 e. The first-order chi connectivity index (χ1) is 9.99. The molecule has 1 aromatic rings. The third-order valence-electron chi connectivity index (χ3n) is 4.53. The van der Waals surface area contributed by atoms with Crippen molar-refractivity contribution in [1.82, 2.24) is 5.32 Å². The van der Waals surface area contributed by atoms with Crippen LogP contribution in [0.4, 0.5) is 0 Å². The van der Waals surface area contributed by atoms with Gasteiger partial charge in [0.25, 0.3) is 0 Å². The predicted octanol–water partition coefficient (Wildman–Crippen LogP) is 4.07. The van der Waals surface area contributed by atoms with Crippen molar-refractivity contribution in [3.63, 3.8) is 0 Å². The molecule has 0 radical (unpaired) electrons. The lowest BCUT2D eigenvalue weighted by Gasteiger charge is -2.27. The van der Waals surface area contributed by atoms with Crippen LogP contribution in [-0.2, 0) is 16.6 Å². The van der Waals surface area contributed by atoms with Crippen LogP contribution in [0.3, 0.4) is 0 Å². The summed E-state index contributed by atoms with van der Waals surface area (Å²) in [5.41, 5.74) is 3.05. The maximum absolute atomic E-state index is 5.87. The third-order valence-corrected chi connectivity index (χ3v) is 4.53. The minimum Gasteiger partial charge on any atom is -0.378 e. The maximum atomic E-state index is 5.87. The van der Waals surface area contributed by atoms with E-state index in [1.807, 2.05) is 0 Å². The average Bonchev–Trinajstić information content (AvgIpc) is 2.47. The number of hydrogen-bond acceptors (Lipinski definition) is 2. The lowest BCUT2D eigenvalue weighted by molar-refractivity contribution is 0.00569. The zero-order valence-electron chi connectivity index (χ0n) is 14.1. The molecule has 2 rings (SSSR count). The molecule has 0 aromatic heterocycles. The number of likely N-dealkylation sites (N-methyl/N-ethyl adjacent to an activating group) is 1. The van der Waals surface area contributed by atoms with Gasteiger partial charge in [-0.3, -0.25) is 0 Å². The molecule has 2 unspecified atom stereocenters. The Hall–Kier alpha value is -0.860. The molecule has 2 heteroatoms. The molecule has 1 saturated heterocycles. The highest BCUT2D eigenvalue weighted by Crippen LogP contribution is 2.23. The topological polar surface area (TPSA) is 21.3 Å². The molecule has 1 aliphatic rings. The summed E-state index contributed by atoms with van der Waals surface area (Å²) in [4.78, 5) is 0. The number of hydrogen-bond donors (Lipinski definition) is 1. The van der Waals surface area contributed by atoms with Crippen molar-refractivity contribution in [1.29, 1.82) is 0 Å². The van der Waals surface area contributed by atoms with Crippen molar-refractivity contribution in [3.8, 4) is 0 Å². The molecule has 21 heavy (non-hydrogen) atoms. The van der Waals surface area contributed by atoms with Crippen LogP contribution < -0.4 is 5.32 Å². The van der Waals surface area contributed by atoms with Gasteiger partial charge >= 0.3 is 0 Å². The van der Waals surface area contributed by atoms with E-state index in [9.17, 15) is 0 Å². The fourth-order valence-electron chi connectivity index (χ4n) is 3.04. The van der Waals surface area contributed by atoms with E-state index in [1.54, 1.807) is 0 Å². The van der Waals surface area contributed by atoms with E-state index >= 15 is 0 Å². The summed E-state index contributed by atoms with van der Waals surface area (Å²) in [7, 11) is 2.07. The summed E-state index contributed by atoms with van der Waals surface area (Å²) >= 11 is 0. The molecule has 0 spiro atoms. The van der Waals surface area contributed by atoms with Gasteiger partial charge in [-0.2, -0.15) is 0 Å². The van der Waals surface area contributed by atoms with Gasteiger partial charge in [0.2, 0.25) is 0 Å². The molecule has 1 N–H and O–H groups in total. The molecule has 1 aromatic carbocycles. The number of ether oxygens (including phenoxy) is 1. The molecular formula is C19H31NO. The van der Waals surface area contributed by atoms with Gasteiger partial charge < -0.3 is 10.1 Å². The van der Waals surface area contributed by atoms with Gasteiger partial charge in [-0.25, -0.2) is 0 Å². The van der Waals surface area contributed by atoms with Gasteiger partial charge in [-0.05, 0) is 55.7 Å². The summed E-state index contributed by atoms with van der Waals surface area (Å²) < 4.78 is 5.87. The first-order valence-electron chi connectivity index (χ1n) is 8.37. The molecule has 118 valence electrons. The minimum atomic E-state index is 0.233. The van der Waals surface area contributed by atoms with Crippen molar-refractivity contribution in [2.75, 3.05) is 13.7 Å². The smallest absolute Gasteiger partial charge is 0.0590 e. The summed E-state index contributed by atoms with van der Waals surface area (Å²) in [6.07, 6.45) is 6.43. The van der Waals surface area contributed by atoms with Crippen LogP contribution >= 0.6 is 0 Å². The highest BCUT2D eigenvalue weighted by Gasteiger charge is 2.19. The summed E-state index contributed by atoms with van der Waals surface area (Å²) in [6.45, 7) is 7.73. The highest BCUT2D eigenvalue weighted by atomic mass is 16.5. The van der Waals surface area contributed by atoms with Crippen LogP contribution in [0.5, 0.6) is 0 Å². The van der Waals surface area contributed by atoms with Crippen molar-refractivity contribution in [3.05, 3.63) is 35.4 Å². The molecule has 1 fully saturated rings. The Bertz CT molecular complexity index is 412. The summed E-state index contributed by atoms with van der Waals surface area (Å²) in [6, 6.07) is 9.63. The zero-order valence-corrected chi connectivity index (χ0v) is 14.1. The molecule has 1 heterocycles. The van der Waals surface area contributed by atoms with Crippen molar-refractivity contribution in [2.45, 2.75) is 70.4 Å². The van der Waals surface area contributed by atoms with Gasteiger partial charge in [-0.1, -0.05) is 45.0 Å². The van der Waals surface area contributed by atoms with Crippen LogP contribution in [0.2, 0.25) is 0 Å². The summed E-state index contributed by atoms with van der Waals surface area (Å²) in [5, 5.41) is 3.46. The average molecular weight is 289 g/mol. The Morgan fingerprint density at radius 2 is 1.90 bits per heavy atom. The Labute approximate surface area is 130 Å². The molecular weight excluding hydrogens is 258 g/mol. The molecule has 0 saturated carbocycles. The predicted molar refractivity (Wildman–Crippen MR) is 89.9 cm³/mol. The van der Waals surface area contributed by atoms with Crippen LogP contribution in [0, 0.1) is 0 Å². The van der Waals surface area contributed by atoms with Gasteiger partial charge in [0.05, 0.1) is 6.10 Å². The van der Waals surface area contributed by atoms with E-state index in [-0.39, 0.29) is 5.41 Å². The normalized spacial score (nSPS) is 21.2. The molecule has 0 amide bonds. The SMILES string of the molecule is CNC(Cc1ccc(C(C)(C)C)cc1)CC1CCCCO1. The Morgan fingerprint density at radius 3 is 2.43 bits per heavy atom. The van der Waals surface area contributed by atoms with Gasteiger partial charge in [0.1, 0.15) is 0 Å². The lowest BCUT2D eigenvalue weighted by atomic mass is 9.86. The fraction of sp³-hybridized carbons (Fsp3) is 0.684. The van der Waals surface area contributed by atoms with Gasteiger partial charge in [0, 0.05) is 12.6 Å². The Morgan fingerprint density at radius 1 is 1.19 bits per heavy atom. The van der Waals surface area contributed by atoms with Crippen LogP contribution in [0.15, 0.2) is 24.3 Å². The first kappa shape index (κ1) is 16.5. The fourth-order valence-corrected chi connectivity index (χ4v) is 3.04. The number of nitrogens with one attached hydrogen (secondary N) is 1. The Balaban J connectivity index is 1.91. The van der Waals surface area contributed by atoms with Gasteiger partial charge in [0.15, 0.2) is 0 Å². The molecule has 2 atom stereocenters. The minimum absolute atomic E-state index is 0.233. The van der Waals surface area contributed by atoms with Crippen LogP contribution in [-0.4, -0.2) is 25.8 Å². The zero-order chi connectivity index (χ0) is 15.3. The third kappa shape index (κ3) is 5.12. The molecule has 1 aliphatic heterocycles. The number of benzene rings is 1. The van der Waals surface area contributed by atoms with E-state index < -0.39 is 0 Å². The monoisotopic (exact) mass is 289 g/mol. The van der Waals surface area contributed by atoms with Crippen LogP contribution in [0.1, 0.15) is 57.6 Å². The van der Waals surface area contributed by atoms with Gasteiger partial charge in [-0.15, -0.1) is 0 Å². The number of rotatable bonds is 5. The van der Waals surface area contributed by atoms with E-state index in [0.717, 1.165) is 19.4 Å². The van der Waals surface area contributed by atoms with E-state index in [0.29, 0.717) is 12.1 Å². The standard InChI is InChI=1S/C19H31NO/c1-19(2,3)16-10-8-15(9-11-16)13-17(20-4)14-18-7-5-6-12-21-18/h8-11,17-18,20H,5-7,12-14H2,1-4H3.